The van der Waals surface area contributed by atoms with E-state index in [9.17, 15) is 9.90 Å². The van der Waals surface area contributed by atoms with Crippen molar-refractivity contribution in [3.8, 4) is 0 Å². The first-order valence-electron chi connectivity index (χ1n) is 5.58. The molecule has 1 saturated carbocycles. The van der Waals surface area contributed by atoms with Gasteiger partial charge in [0.1, 0.15) is 5.78 Å². The minimum atomic E-state index is -0.265. The summed E-state index contributed by atoms with van der Waals surface area (Å²) in [6, 6.07) is 0. The van der Waals surface area contributed by atoms with Crippen molar-refractivity contribution in [2.45, 2.75) is 32.3 Å². The Morgan fingerprint density at radius 3 is 2.81 bits per heavy atom. The third-order valence-electron chi connectivity index (χ3n) is 3.06. The summed E-state index contributed by atoms with van der Waals surface area (Å²) in [5.74, 6) is 1.90. The number of carbonyl (C=O) groups is 1. The summed E-state index contributed by atoms with van der Waals surface area (Å²) in [5.41, 5.74) is 0. The molecule has 0 saturated heterocycles. The molecule has 0 heterocycles. The molecule has 0 aromatic carbocycles. The molecule has 1 unspecified atom stereocenters. The maximum absolute atomic E-state index is 11.5. The van der Waals surface area contributed by atoms with E-state index in [-0.39, 0.29) is 74.4 Å². The van der Waals surface area contributed by atoms with Gasteiger partial charge in [0.2, 0.25) is 0 Å². The van der Waals surface area contributed by atoms with Gasteiger partial charge in [-0.15, -0.1) is 0 Å². The van der Waals surface area contributed by atoms with Gasteiger partial charge in [-0.25, -0.2) is 0 Å². The monoisotopic (exact) mass is 459 g/mol. The number of ketones is 1. The second-order valence-electron chi connectivity index (χ2n) is 4.15. The molecule has 1 radical (unpaired) electrons. The van der Waals surface area contributed by atoms with Crippen LogP contribution >= 0.6 is 11.8 Å². The van der Waals surface area contributed by atoms with Gasteiger partial charge in [0, 0.05) is 74.5 Å². The van der Waals surface area contributed by atoms with Crippen LogP contribution in [0.2, 0.25) is 0 Å². The first-order valence-corrected chi connectivity index (χ1v) is 6.73. The molecule has 1 aliphatic carbocycles. The second-order valence-corrected chi connectivity index (χ2v) is 5.23. The number of rotatable bonds is 6. The molecule has 2 N–H and O–H groups in total. The molecular weight excluding hydrogens is 439 g/mol. The molecule has 5 heteroatoms. The zero-order chi connectivity index (χ0) is 11.3. The van der Waals surface area contributed by atoms with Crippen LogP contribution in [-0.2, 0) is 4.79 Å². The van der Waals surface area contributed by atoms with Crippen LogP contribution in [0.25, 0.3) is 0 Å². The number of Topliss-reactive ketones (excluding diaryl/α,β-unsaturated/α-hetero) is 1. The van der Waals surface area contributed by atoms with Crippen molar-refractivity contribution < 1.29 is 59.1 Å². The fraction of sp³-hybridized carbons (Fsp3) is 0.909. The Kier molecular flexibility index (Phi) is 10.1. The summed E-state index contributed by atoms with van der Waals surface area (Å²) >= 11 is 1.62. The summed E-state index contributed by atoms with van der Waals surface area (Å²) in [7, 11) is 0. The Balaban J connectivity index is 0.00000225. The van der Waals surface area contributed by atoms with E-state index in [0.717, 1.165) is 18.6 Å². The molecule has 3 nitrogen and oxygen atoms in total. The number of carbonyl (C=O) groups excluding carboxylic acids is 1. The predicted octanol–water partition coefficient (Wildman–Crippen LogP) is 1.08. The van der Waals surface area contributed by atoms with Crippen LogP contribution in [0.1, 0.15) is 26.2 Å². The van der Waals surface area contributed by atoms with Gasteiger partial charge in [0.25, 0.3) is 0 Å². The van der Waals surface area contributed by atoms with Crippen LogP contribution in [0.15, 0.2) is 0 Å². The minimum Gasteiger partial charge on any atom is -0.396 e. The zero-order valence-electron chi connectivity index (χ0n) is 9.76. The fourth-order valence-electron chi connectivity index (χ4n) is 1.87. The third-order valence-corrected chi connectivity index (χ3v) is 4.27. The molecule has 3 atom stereocenters. The van der Waals surface area contributed by atoms with Crippen molar-refractivity contribution in [3.63, 3.8) is 0 Å². The molecule has 0 aliphatic heterocycles. The number of hydrogen-bond donors (Lipinski definition) is 2. The molecule has 1 rings (SSSR count). The van der Waals surface area contributed by atoms with Crippen LogP contribution in [0.5, 0.6) is 0 Å². The van der Waals surface area contributed by atoms with E-state index in [4.69, 9.17) is 5.11 Å². The topological polar surface area (TPSA) is 57.5 Å². The molecule has 91 valence electrons. The minimum absolute atomic E-state index is 0. The maximum atomic E-state index is 11.5. The smallest absolute Gasteiger partial charge is 0.137 e. The predicted molar refractivity (Wildman–Crippen MR) is 61.9 cm³/mol. The van der Waals surface area contributed by atoms with E-state index < -0.39 is 0 Å². The van der Waals surface area contributed by atoms with E-state index in [1.807, 2.05) is 6.92 Å². The van der Waals surface area contributed by atoms with E-state index in [2.05, 4.69) is 0 Å². The summed E-state index contributed by atoms with van der Waals surface area (Å²) in [4.78, 5) is 11.5. The van der Waals surface area contributed by atoms with Crippen molar-refractivity contribution in [3.05, 3.63) is 0 Å². The summed E-state index contributed by atoms with van der Waals surface area (Å²) < 4.78 is 0. The Bertz CT molecular complexity index is 213. The quantitative estimate of drug-likeness (QED) is 0.625. The van der Waals surface area contributed by atoms with Gasteiger partial charge in [-0.05, 0) is 18.8 Å². The summed E-state index contributed by atoms with van der Waals surface area (Å²) in [5, 5.41) is 18.5. The van der Waals surface area contributed by atoms with E-state index in [1.165, 1.54) is 0 Å². The summed E-state index contributed by atoms with van der Waals surface area (Å²) in [6.45, 7) is 2.07. The summed E-state index contributed by atoms with van der Waals surface area (Å²) in [6.07, 6.45) is 1.94. The van der Waals surface area contributed by atoms with Gasteiger partial charge in [-0.2, -0.15) is 11.8 Å². The van der Waals surface area contributed by atoms with Crippen LogP contribution in [0, 0.1) is 55.9 Å². The molecule has 0 aromatic heterocycles. The number of aliphatic hydroxyl groups excluding tert-OH is 2. The standard InChI is InChI=1S/C11H20O3S.Ac/c1-2-9(13)6-15-7-10-8(5-12)3-4-11(10)14;/h8-10,12-13H,2-7H2,1H3;/t8-,9?,10-;/m0./s1. The Morgan fingerprint density at radius 2 is 2.25 bits per heavy atom. The van der Waals surface area contributed by atoms with Crippen LogP contribution in [0.3, 0.4) is 0 Å². The van der Waals surface area contributed by atoms with Crippen LogP contribution in [0.4, 0.5) is 0 Å². The van der Waals surface area contributed by atoms with Crippen molar-refractivity contribution >= 4 is 17.5 Å². The Labute approximate surface area is 137 Å². The zero-order valence-corrected chi connectivity index (χ0v) is 15.3. The second kappa shape index (κ2) is 9.33. The van der Waals surface area contributed by atoms with Crippen LogP contribution < -0.4 is 0 Å². The molecular formula is C11H20AcO3S. The maximum Gasteiger partial charge on any atom is 0.137 e. The van der Waals surface area contributed by atoms with Crippen molar-refractivity contribution in [1.29, 1.82) is 0 Å². The van der Waals surface area contributed by atoms with Crippen molar-refractivity contribution in [2.75, 3.05) is 18.1 Å². The molecule has 1 fully saturated rings. The average molecular weight is 459 g/mol. The van der Waals surface area contributed by atoms with Gasteiger partial charge >= 0.3 is 0 Å². The molecule has 1 aliphatic rings. The van der Waals surface area contributed by atoms with Crippen molar-refractivity contribution in [2.24, 2.45) is 11.8 Å². The molecule has 16 heavy (non-hydrogen) atoms. The third kappa shape index (κ3) is 5.35. The number of aliphatic hydroxyl groups is 2. The van der Waals surface area contributed by atoms with Crippen LogP contribution in [-0.4, -0.2) is 40.2 Å². The normalized spacial score (nSPS) is 26.6. The molecule has 0 bridgehead atoms. The van der Waals surface area contributed by atoms with Gasteiger partial charge in [-0.3, -0.25) is 4.79 Å². The molecule has 0 spiro atoms. The van der Waals surface area contributed by atoms with Gasteiger partial charge < -0.3 is 10.2 Å². The first kappa shape index (κ1) is 17.4. The Hall–Kier alpha value is 1.38. The molecule has 0 amide bonds. The number of thioether (sulfide) groups is 1. The average Bonchev–Trinajstić information content (AvgIpc) is 2.60. The van der Waals surface area contributed by atoms with Gasteiger partial charge in [0.15, 0.2) is 0 Å². The van der Waals surface area contributed by atoms with E-state index in [1.54, 1.807) is 11.8 Å². The largest absolute Gasteiger partial charge is 0.396 e. The fourth-order valence-corrected chi connectivity index (χ4v) is 3.23. The van der Waals surface area contributed by atoms with E-state index >= 15 is 0 Å². The van der Waals surface area contributed by atoms with E-state index in [0.29, 0.717) is 12.2 Å². The molecule has 0 aromatic rings. The van der Waals surface area contributed by atoms with Crippen molar-refractivity contribution in [1.82, 2.24) is 0 Å². The Morgan fingerprint density at radius 1 is 1.56 bits per heavy atom. The van der Waals surface area contributed by atoms with Gasteiger partial charge in [-0.1, -0.05) is 6.92 Å². The first-order chi connectivity index (χ1) is 7.19. The SMILES string of the molecule is CCC(O)CSC[C@@H]1C(=O)CC[C@H]1CO.[Ac]. The van der Waals surface area contributed by atoms with Gasteiger partial charge in [0.05, 0.1) is 6.10 Å². The number of hydrogen-bond acceptors (Lipinski definition) is 4.